The second-order valence-corrected chi connectivity index (χ2v) is 2.16. The molecular weight excluding hydrogens is 174 g/mol. The first-order valence-corrected chi connectivity index (χ1v) is 3.34. The summed E-state index contributed by atoms with van der Waals surface area (Å²) < 4.78 is 0. The Morgan fingerprint density at radius 1 is 1.54 bits per heavy atom. The molecule has 1 rings (SSSR count). The quantitative estimate of drug-likeness (QED) is 0.628. The van der Waals surface area contributed by atoms with Crippen LogP contribution in [0.25, 0.3) is 0 Å². The van der Waals surface area contributed by atoms with E-state index in [1.165, 1.54) is 6.20 Å². The summed E-state index contributed by atoms with van der Waals surface area (Å²) in [6.07, 6.45) is 2.95. The van der Waals surface area contributed by atoms with E-state index in [2.05, 4.69) is 4.98 Å². The van der Waals surface area contributed by atoms with Crippen molar-refractivity contribution in [1.82, 2.24) is 4.98 Å². The van der Waals surface area contributed by atoms with E-state index in [0.717, 1.165) is 5.56 Å². The van der Waals surface area contributed by atoms with Gasteiger partial charge in [0.25, 0.3) is 6.47 Å². The minimum Gasteiger partial charge on any atom is -0.483 e. The highest BCUT2D eigenvalue weighted by atomic mass is 16.4. The van der Waals surface area contributed by atoms with Crippen LogP contribution in [0.4, 0.5) is 0 Å². The van der Waals surface area contributed by atoms with E-state index in [9.17, 15) is 4.79 Å². The number of carboxylic acid groups (broad SMARTS) is 2. The highest BCUT2D eigenvalue weighted by molar-refractivity contribution is 5.87. The summed E-state index contributed by atoms with van der Waals surface area (Å²) in [5.41, 5.74) is 1.10. The van der Waals surface area contributed by atoms with Crippen molar-refractivity contribution in [3.63, 3.8) is 0 Å². The smallest absolute Gasteiger partial charge is 0.337 e. The van der Waals surface area contributed by atoms with Gasteiger partial charge >= 0.3 is 5.97 Å². The van der Waals surface area contributed by atoms with Crippen molar-refractivity contribution >= 4 is 12.4 Å². The van der Waals surface area contributed by atoms with E-state index in [-0.39, 0.29) is 12.0 Å². The molecule has 0 atom stereocenters. The maximum atomic E-state index is 10.3. The van der Waals surface area contributed by atoms with E-state index >= 15 is 0 Å². The summed E-state index contributed by atoms with van der Waals surface area (Å²) in [5.74, 6) is -0.934. The fourth-order valence-electron chi connectivity index (χ4n) is 0.672. The number of nitrogens with zero attached hydrogens (tertiary/aromatic N) is 1. The lowest BCUT2D eigenvalue weighted by Crippen LogP contribution is -1.96. The van der Waals surface area contributed by atoms with Gasteiger partial charge in [-0.2, -0.15) is 0 Å². The Morgan fingerprint density at radius 3 is 2.38 bits per heavy atom. The molecule has 0 aliphatic rings. The number of hydrogen-bond acceptors (Lipinski definition) is 3. The zero-order valence-electron chi connectivity index (χ0n) is 6.97. The van der Waals surface area contributed by atoms with E-state index < -0.39 is 5.97 Å². The Labute approximate surface area is 74.7 Å². The lowest BCUT2D eigenvalue weighted by Gasteiger charge is -1.92. The summed E-state index contributed by atoms with van der Waals surface area (Å²) in [4.78, 5) is 22.4. The number of carbonyl (C=O) groups is 2. The van der Waals surface area contributed by atoms with Crippen LogP contribution in [0, 0.1) is 6.92 Å². The molecule has 0 aromatic carbocycles. The second-order valence-electron chi connectivity index (χ2n) is 2.16. The van der Waals surface area contributed by atoms with Crippen LogP contribution in [-0.2, 0) is 4.79 Å². The minimum atomic E-state index is -0.934. The topological polar surface area (TPSA) is 87.5 Å². The van der Waals surface area contributed by atoms with Crippen molar-refractivity contribution in [3.05, 3.63) is 29.6 Å². The first-order chi connectivity index (χ1) is 6.11. The number of pyridine rings is 1. The normalized spacial score (nSPS) is 8.08. The molecule has 13 heavy (non-hydrogen) atoms. The highest BCUT2D eigenvalue weighted by Gasteiger charge is 2.00. The Hall–Kier alpha value is -1.91. The molecule has 5 heteroatoms. The van der Waals surface area contributed by atoms with Gasteiger partial charge in [-0.15, -0.1) is 0 Å². The van der Waals surface area contributed by atoms with Crippen LogP contribution in [0.1, 0.15) is 15.9 Å². The van der Waals surface area contributed by atoms with E-state index in [1.54, 1.807) is 19.2 Å². The van der Waals surface area contributed by atoms with E-state index in [1.807, 2.05) is 0 Å². The van der Waals surface area contributed by atoms with Crippen LogP contribution in [0.5, 0.6) is 0 Å². The Balaban J connectivity index is 0.000000424. The Morgan fingerprint density at radius 2 is 2.08 bits per heavy atom. The maximum absolute atomic E-state index is 10.3. The number of aryl methyl sites for hydroxylation is 1. The molecule has 0 spiro atoms. The molecule has 0 aliphatic heterocycles. The maximum Gasteiger partial charge on any atom is 0.337 e. The van der Waals surface area contributed by atoms with Crippen LogP contribution in [0.2, 0.25) is 0 Å². The van der Waals surface area contributed by atoms with E-state index in [0.29, 0.717) is 0 Å². The van der Waals surface area contributed by atoms with Crippen LogP contribution < -0.4 is 0 Å². The highest BCUT2D eigenvalue weighted by Crippen LogP contribution is 1.99. The van der Waals surface area contributed by atoms with Crippen LogP contribution in [-0.4, -0.2) is 27.6 Å². The largest absolute Gasteiger partial charge is 0.483 e. The predicted molar refractivity (Wildman–Crippen MR) is 44.6 cm³/mol. The molecule has 1 heterocycles. The first kappa shape index (κ1) is 11.1. The molecule has 2 N–H and O–H groups in total. The minimum absolute atomic E-state index is 0.236. The molecule has 0 bridgehead atoms. The third kappa shape index (κ3) is 4.52. The third-order valence-electron chi connectivity index (χ3n) is 1.12. The number of rotatable bonds is 1. The third-order valence-corrected chi connectivity index (χ3v) is 1.12. The van der Waals surface area contributed by atoms with Crippen molar-refractivity contribution in [3.8, 4) is 0 Å². The van der Waals surface area contributed by atoms with Crippen molar-refractivity contribution in [2.45, 2.75) is 6.92 Å². The molecule has 0 fully saturated rings. The van der Waals surface area contributed by atoms with Crippen molar-refractivity contribution < 1.29 is 19.8 Å². The number of aromatic nitrogens is 1. The molecule has 1 aromatic heterocycles. The van der Waals surface area contributed by atoms with Crippen molar-refractivity contribution in [2.75, 3.05) is 0 Å². The monoisotopic (exact) mass is 183 g/mol. The standard InChI is InChI=1S/C7H7NO2.CH2O2/c1-5-2-6(7(9)10)4-8-3-5;2-1-3/h2-4H,1H3,(H,9,10);1H,(H,2,3). The molecular formula is C8H9NO4. The molecule has 0 aliphatic carbocycles. The van der Waals surface area contributed by atoms with Crippen molar-refractivity contribution in [2.24, 2.45) is 0 Å². The van der Waals surface area contributed by atoms with Gasteiger partial charge in [-0.05, 0) is 18.6 Å². The zero-order chi connectivity index (χ0) is 10.3. The summed E-state index contributed by atoms with van der Waals surface area (Å²) in [6.45, 7) is 1.56. The summed E-state index contributed by atoms with van der Waals surface area (Å²) in [7, 11) is 0. The molecule has 0 amide bonds. The van der Waals surface area contributed by atoms with Gasteiger partial charge in [-0.25, -0.2) is 4.79 Å². The number of carboxylic acids is 1. The molecule has 1 aromatic rings. The van der Waals surface area contributed by atoms with Gasteiger partial charge in [-0.3, -0.25) is 9.78 Å². The Bertz CT molecular complexity index is 298. The molecule has 0 saturated carbocycles. The van der Waals surface area contributed by atoms with Crippen LogP contribution in [0.15, 0.2) is 18.5 Å². The molecule has 0 unspecified atom stereocenters. The summed E-state index contributed by atoms with van der Waals surface area (Å²) in [6, 6.07) is 1.58. The zero-order valence-corrected chi connectivity index (χ0v) is 6.97. The van der Waals surface area contributed by atoms with Gasteiger partial charge in [0.2, 0.25) is 0 Å². The van der Waals surface area contributed by atoms with Gasteiger partial charge in [-0.1, -0.05) is 0 Å². The van der Waals surface area contributed by atoms with Gasteiger partial charge in [0.05, 0.1) is 5.56 Å². The molecule has 0 radical (unpaired) electrons. The predicted octanol–water partition coefficient (Wildman–Crippen LogP) is 0.789. The van der Waals surface area contributed by atoms with E-state index in [4.69, 9.17) is 15.0 Å². The Kier molecular flexibility index (Phi) is 4.87. The number of aromatic carboxylic acids is 1. The van der Waals surface area contributed by atoms with Crippen molar-refractivity contribution in [1.29, 1.82) is 0 Å². The number of hydrogen-bond donors (Lipinski definition) is 2. The lowest BCUT2D eigenvalue weighted by molar-refractivity contribution is -0.122. The SMILES string of the molecule is Cc1cncc(C(=O)O)c1.O=CO. The summed E-state index contributed by atoms with van der Waals surface area (Å²) >= 11 is 0. The van der Waals surface area contributed by atoms with Gasteiger partial charge in [0.1, 0.15) is 0 Å². The van der Waals surface area contributed by atoms with Crippen LogP contribution in [0.3, 0.4) is 0 Å². The first-order valence-electron chi connectivity index (χ1n) is 3.34. The fraction of sp³-hybridized carbons (Fsp3) is 0.125. The van der Waals surface area contributed by atoms with Gasteiger partial charge < -0.3 is 10.2 Å². The fourth-order valence-corrected chi connectivity index (χ4v) is 0.672. The molecule has 5 nitrogen and oxygen atoms in total. The second kappa shape index (κ2) is 5.70. The lowest BCUT2D eigenvalue weighted by atomic mass is 10.2. The molecule has 0 saturated heterocycles. The molecule has 70 valence electrons. The van der Waals surface area contributed by atoms with Gasteiger partial charge in [0, 0.05) is 12.4 Å². The average Bonchev–Trinajstić information content (AvgIpc) is 2.05. The summed E-state index contributed by atoms with van der Waals surface area (Å²) in [5, 5.41) is 15.4. The average molecular weight is 183 g/mol. The van der Waals surface area contributed by atoms with Gasteiger partial charge in [0.15, 0.2) is 0 Å². The van der Waals surface area contributed by atoms with Crippen LogP contribution >= 0.6 is 0 Å².